The quantitative estimate of drug-likeness (QED) is 0.770. The van der Waals surface area contributed by atoms with Gasteiger partial charge in [-0.3, -0.25) is 0 Å². The highest BCUT2D eigenvalue weighted by Gasteiger charge is 2.08. The maximum absolute atomic E-state index is 11.6. The maximum atomic E-state index is 11.6. The van der Waals surface area contributed by atoms with Crippen molar-refractivity contribution in [1.29, 1.82) is 0 Å². The van der Waals surface area contributed by atoms with Gasteiger partial charge in [-0.1, -0.05) is 18.2 Å². The molecule has 0 aliphatic rings. The molecule has 1 aromatic carbocycles. The Balaban J connectivity index is 2.23. The zero-order valence-electron chi connectivity index (χ0n) is 12.3. The zero-order chi connectivity index (χ0) is 15.2. The summed E-state index contributed by atoms with van der Waals surface area (Å²) in [6, 6.07) is 9.52. The number of fused-ring (bicyclic) bond motifs is 1. The molecule has 0 fully saturated rings. The Hall–Kier alpha value is -2.34. The molecule has 0 saturated carbocycles. The molecule has 0 aliphatic carbocycles. The van der Waals surface area contributed by atoms with Gasteiger partial charge in [-0.15, -0.1) is 0 Å². The lowest BCUT2D eigenvalue weighted by molar-refractivity contribution is 0.234. The van der Waals surface area contributed by atoms with Gasteiger partial charge in [0.1, 0.15) is 5.82 Å². The van der Waals surface area contributed by atoms with E-state index in [1.54, 1.807) is 0 Å². The van der Waals surface area contributed by atoms with Gasteiger partial charge in [0.25, 0.3) is 0 Å². The van der Waals surface area contributed by atoms with E-state index >= 15 is 0 Å². The predicted octanol–water partition coefficient (Wildman–Crippen LogP) is 1.09. The minimum Gasteiger partial charge on any atom is -0.395 e. The lowest BCUT2D eigenvalue weighted by Crippen LogP contribution is -2.36. The van der Waals surface area contributed by atoms with Crippen molar-refractivity contribution in [3.8, 4) is 0 Å². The van der Waals surface area contributed by atoms with Gasteiger partial charge < -0.3 is 20.6 Å². The van der Waals surface area contributed by atoms with Crippen LogP contribution in [0.4, 0.5) is 10.6 Å². The number of carbonyl (C=O) groups is 1. The van der Waals surface area contributed by atoms with Crippen molar-refractivity contribution in [2.75, 3.05) is 32.1 Å². The summed E-state index contributed by atoms with van der Waals surface area (Å²) in [4.78, 5) is 18.1. The number of urea groups is 1. The molecule has 0 spiro atoms. The lowest BCUT2D eigenvalue weighted by Gasteiger charge is -2.15. The number of aliphatic hydroxyl groups is 1. The SMILES string of the molecule is CN(C)c1cc(CNC(=O)NCCO)c2ccccc2n1. The Labute approximate surface area is 123 Å². The van der Waals surface area contributed by atoms with E-state index in [0.29, 0.717) is 6.54 Å². The number of pyridine rings is 1. The second kappa shape index (κ2) is 6.90. The van der Waals surface area contributed by atoms with E-state index in [9.17, 15) is 4.79 Å². The van der Waals surface area contributed by atoms with Crippen molar-refractivity contribution in [2.24, 2.45) is 0 Å². The second-order valence-corrected chi connectivity index (χ2v) is 4.88. The first-order valence-electron chi connectivity index (χ1n) is 6.80. The molecule has 0 radical (unpaired) electrons. The van der Waals surface area contributed by atoms with Gasteiger partial charge in [0, 0.05) is 32.6 Å². The number of benzene rings is 1. The van der Waals surface area contributed by atoms with Crippen LogP contribution in [0.25, 0.3) is 10.9 Å². The third-order valence-corrected chi connectivity index (χ3v) is 3.08. The Bertz CT molecular complexity index is 628. The number of nitrogens with zero attached hydrogens (tertiary/aromatic N) is 2. The molecule has 1 heterocycles. The molecule has 3 N–H and O–H groups in total. The van der Waals surface area contributed by atoms with Crippen molar-refractivity contribution in [1.82, 2.24) is 15.6 Å². The van der Waals surface area contributed by atoms with Gasteiger partial charge in [-0.2, -0.15) is 0 Å². The molecule has 2 rings (SSSR count). The molecule has 0 atom stereocenters. The van der Waals surface area contributed by atoms with E-state index in [0.717, 1.165) is 22.3 Å². The number of amides is 2. The number of hydrogen-bond acceptors (Lipinski definition) is 4. The van der Waals surface area contributed by atoms with E-state index in [1.807, 2.05) is 49.3 Å². The first kappa shape index (κ1) is 15.1. The lowest BCUT2D eigenvalue weighted by atomic mass is 10.1. The fraction of sp³-hybridized carbons (Fsp3) is 0.333. The van der Waals surface area contributed by atoms with Gasteiger partial charge in [-0.25, -0.2) is 9.78 Å². The van der Waals surface area contributed by atoms with Crippen LogP contribution in [-0.2, 0) is 6.54 Å². The average Bonchev–Trinajstić information content (AvgIpc) is 2.50. The molecule has 1 aromatic heterocycles. The summed E-state index contributed by atoms with van der Waals surface area (Å²) >= 11 is 0. The molecule has 21 heavy (non-hydrogen) atoms. The monoisotopic (exact) mass is 288 g/mol. The number of aliphatic hydroxyl groups excluding tert-OH is 1. The first-order chi connectivity index (χ1) is 10.1. The van der Waals surface area contributed by atoms with Crippen LogP contribution < -0.4 is 15.5 Å². The smallest absolute Gasteiger partial charge is 0.315 e. The third kappa shape index (κ3) is 3.82. The largest absolute Gasteiger partial charge is 0.395 e. The highest BCUT2D eigenvalue weighted by atomic mass is 16.3. The van der Waals surface area contributed by atoms with Gasteiger partial charge in [0.2, 0.25) is 0 Å². The van der Waals surface area contributed by atoms with Crippen LogP contribution in [0, 0.1) is 0 Å². The number of aromatic nitrogens is 1. The summed E-state index contributed by atoms with van der Waals surface area (Å²) in [5, 5.41) is 15.0. The fourth-order valence-corrected chi connectivity index (χ4v) is 2.01. The Morgan fingerprint density at radius 1 is 1.29 bits per heavy atom. The first-order valence-corrected chi connectivity index (χ1v) is 6.80. The Kier molecular flexibility index (Phi) is 4.94. The summed E-state index contributed by atoms with van der Waals surface area (Å²) in [6.07, 6.45) is 0. The van der Waals surface area contributed by atoms with Crippen LogP contribution in [0.3, 0.4) is 0 Å². The summed E-state index contributed by atoms with van der Waals surface area (Å²) in [6.45, 7) is 0.573. The van der Waals surface area contributed by atoms with Crippen LogP contribution >= 0.6 is 0 Å². The molecule has 2 aromatic rings. The number of para-hydroxylation sites is 1. The number of nitrogens with one attached hydrogen (secondary N) is 2. The van der Waals surface area contributed by atoms with Crippen molar-refractivity contribution in [2.45, 2.75) is 6.54 Å². The van der Waals surface area contributed by atoms with Crippen LogP contribution in [-0.4, -0.2) is 43.4 Å². The molecule has 2 amide bonds. The average molecular weight is 288 g/mol. The summed E-state index contributed by atoms with van der Waals surface area (Å²) in [7, 11) is 3.87. The van der Waals surface area contributed by atoms with Crippen molar-refractivity contribution >= 4 is 22.8 Å². The highest BCUT2D eigenvalue weighted by molar-refractivity contribution is 5.84. The Morgan fingerprint density at radius 2 is 2.05 bits per heavy atom. The van der Waals surface area contributed by atoms with Crippen molar-refractivity contribution in [3.63, 3.8) is 0 Å². The second-order valence-electron chi connectivity index (χ2n) is 4.88. The number of carbonyl (C=O) groups excluding carboxylic acids is 1. The van der Waals surface area contributed by atoms with Crippen LogP contribution in [0.5, 0.6) is 0 Å². The van der Waals surface area contributed by atoms with E-state index in [1.165, 1.54) is 0 Å². The number of anilines is 1. The van der Waals surface area contributed by atoms with Crippen LogP contribution in [0.15, 0.2) is 30.3 Å². The molecule has 6 nitrogen and oxygen atoms in total. The Morgan fingerprint density at radius 3 is 2.76 bits per heavy atom. The summed E-state index contributed by atoms with van der Waals surface area (Å²) in [5.41, 5.74) is 1.90. The normalized spacial score (nSPS) is 10.4. The molecule has 0 bridgehead atoms. The fourth-order valence-electron chi connectivity index (χ4n) is 2.01. The van der Waals surface area contributed by atoms with Gasteiger partial charge in [0.15, 0.2) is 0 Å². The standard InChI is InChI=1S/C15H20N4O2/c1-19(2)14-9-11(10-17-15(21)16-7-8-20)12-5-3-4-6-13(12)18-14/h3-6,9,20H,7-8,10H2,1-2H3,(H2,16,17,21). The predicted molar refractivity (Wildman–Crippen MR) is 83.4 cm³/mol. The number of rotatable bonds is 5. The molecule has 0 aliphatic heterocycles. The topological polar surface area (TPSA) is 77.5 Å². The molecule has 0 saturated heterocycles. The minimum absolute atomic E-state index is 0.0730. The molecule has 0 unspecified atom stereocenters. The summed E-state index contributed by atoms with van der Waals surface area (Å²) < 4.78 is 0. The van der Waals surface area contributed by atoms with Crippen molar-refractivity contribution < 1.29 is 9.90 Å². The van der Waals surface area contributed by atoms with E-state index < -0.39 is 0 Å². The molecular weight excluding hydrogens is 268 g/mol. The maximum Gasteiger partial charge on any atom is 0.315 e. The van der Waals surface area contributed by atoms with Crippen molar-refractivity contribution in [3.05, 3.63) is 35.9 Å². The number of hydrogen-bond donors (Lipinski definition) is 3. The van der Waals surface area contributed by atoms with E-state index in [-0.39, 0.29) is 19.2 Å². The van der Waals surface area contributed by atoms with Crippen LogP contribution in [0.1, 0.15) is 5.56 Å². The molecule has 112 valence electrons. The van der Waals surface area contributed by atoms with Crippen LogP contribution in [0.2, 0.25) is 0 Å². The zero-order valence-corrected chi connectivity index (χ0v) is 12.3. The van der Waals surface area contributed by atoms with Gasteiger partial charge in [0.05, 0.1) is 12.1 Å². The molecule has 6 heteroatoms. The third-order valence-electron chi connectivity index (χ3n) is 3.08. The van der Waals surface area contributed by atoms with E-state index in [2.05, 4.69) is 15.6 Å². The minimum atomic E-state index is -0.295. The van der Waals surface area contributed by atoms with Gasteiger partial charge >= 0.3 is 6.03 Å². The molecular formula is C15H20N4O2. The van der Waals surface area contributed by atoms with Gasteiger partial charge in [-0.05, 0) is 17.7 Å². The highest BCUT2D eigenvalue weighted by Crippen LogP contribution is 2.21. The van der Waals surface area contributed by atoms with E-state index in [4.69, 9.17) is 5.11 Å². The summed E-state index contributed by atoms with van der Waals surface area (Å²) in [5.74, 6) is 0.848.